The van der Waals surface area contributed by atoms with Crippen molar-refractivity contribution in [2.45, 2.75) is 19.4 Å². The Kier molecular flexibility index (Phi) is 3.28. The zero-order valence-corrected chi connectivity index (χ0v) is 9.57. The Morgan fingerprint density at radius 1 is 1.59 bits per heavy atom. The van der Waals surface area contributed by atoms with Crippen LogP contribution in [0.3, 0.4) is 0 Å². The van der Waals surface area contributed by atoms with Crippen molar-refractivity contribution in [2.24, 2.45) is 5.92 Å². The molecule has 0 aromatic heterocycles. The number of halogens is 1. The van der Waals surface area contributed by atoms with Gasteiger partial charge in [-0.3, -0.25) is 4.79 Å². The van der Waals surface area contributed by atoms with Crippen molar-refractivity contribution in [1.82, 2.24) is 0 Å². The highest BCUT2D eigenvalue weighted by molar-refractivity contribution is 5.97. The Balaban J connectivity index is 2.07. The second kappa shape index (κ2) is 4.71. The van der Waals surface area contributed by atoms with Crippen LogP contribution in [0.25, 0.3) is 0 Å². The van der Waals surface area contributed by atoms with E-state index in [1.807, 2.05) is 6.92 Å². The minimum absolute atomic E-state index is 0.191. The van der Waals surface area contributed by atoms with Crippen molar-refractivity contribution < 1.29 is 13.9 Å². The molecule has 0 bridgehead atoms. The number of nitrogen functional groups attached to an aromatic ring is 1. The summed E-state index contributed by atoms with van der Waals surface area (Å²) in [7, 11) is 0. The fourth-order valence-electron chi connectivity index (χ4n) is 1.88. The molecular formula is C12H15FN2O2. The molecule has 2 unspecified atom stereocenters. The number of carbonyl (C=O) groups excluding carboxylic acids is 1. The first-order chi connectivity index (χ1) is 8.08. The summed E-state index contributed by atoms with van der Waals surface area (Å²) >= 11 is 0. The first-order valence-corrected chi connectivity index (χ1v) is 5.55. The lowest BCUT2D eigenvalue weighted by molar-refractivity contribution is -0.126. The molecule has 4 nitrogen and oxygen atoms in total. The first-order valence-electron chi connectivity index (χ1n) is 5.55. The lowest BCUT2D eigenvalue weighted by Crippen LogP contribution is -2.31. The summed E-state index contributed by atoms with van der Waals surface area (Å²) in [6.07, 6.45) is 0.427. The highest BCUT2D eigenvalue weighted by Crippen LogP contribution is 2.24. The number of carbonyl (C=O) groups is 1. The van der Waals surface area contributed by atoms with Crippen molar-refractivity contribution in [1.29, 1.82) is 0 Å². The molecule has 17 heavy (non-hydrogen) atoms. The van der Waals surface area contributed by atoms with Gasteiger partial charge in [-0.15, -0.1) is 0 Å². The number of anilines is 2. The lowest BCUT2D eigenvalue weighted by atomic mass is 10.0. The van der Waals surface area contributed by atoms with Gasteiger partial charge >= 0.3 is 0 Å². The van der Waals surface area contributed by atoms with Crippen molar-refractivity contribution >= 4 is 17.3 Å². The predicted molar refractivity (Wildman–Crippen MR) is 63.0 cm³/mol. The molecular weight excluding hydrogens is 223 g/mol. The number of hydrogen-bond donors (Lipinski definition) is 2. The molecule has 3 N–H and O–H groups in total. The Morgan fingerprint density at radius 2 is 2.35 bits per heavy atom. The molecule has 5 heteroatoms. The molecule has 1 saturated heterocycles. The van der Waals surface area contributed by atoms with E-state index in [0.717, 1.165) is 6.42 Å². The fraction of sp³-hybridized carbons (Fsp3) is 0.417. The van der Waals surface area contributed by atoms with Crippen LogP contribution in [0, 0.1) is 11.7 Å². The van der Waals surface area contributed by atoms with E-state index in [9.17, 15) is 9.18 Å². The average Bonchev–Trinajstić information content (AvgIpc) is 2.68. The minimum Gasteiger partial charge on any atom is -0.397 e. The van der Waals surface area contributed by atoms with Crippen LogP contribution in [0.5, 0.6) is 0 Å². The van der Waals surface area contributed by atoms with Crippen LogP contribution in [-0.2, 0) is 9.53 Å². The smallest absolute Gasteiger partial charge is 0.253 e. The molecule has 1 aromatic rings. The van der Waals surface area contributed by atoms with E-state index in [-0.39, 0.29) is 17.5 Å². The molecule has 1 heterocycles. The molecule has 2 atom stereocenters. The van der Waals surface area contributed by atoms with Crippen LogP contribution in [0.2, 0.25) is 0 Å². The number of amides is 1. The third-order valence-corrected chi connectivity index (χ3v) is 2.92. The third kappa shape index (κ3) is 2.55. The van der Waals surface area contributed by atoms with Gasteiger partial charge in [-0.25, -0.2) is 4.39 Å². The summed E-state index contributed by atoms with van der Waals surface area (Å²) in [4.78, 5) is 11.9. The number of nitrogens with two attached hydrogens (primary N) is 1. The van der Waals surface area contributed by atoms with E-state index in [1.165, 1.54) is 18.2 Å². The molecule has 2 rings (SSSR count). The van der Waals surface area contributed by atoms with E-state index in [2.05, 4.69) is 5.32 Å². The molecule has 92 valence electrons. The fourth-order valence-corrected chi connectivity index (χ4v) is 1.88. The van der Waals surface area contributed by atoms with Gasteiger partial charge in [0.05, 0.1) is 11.4 Å². The quantitative estimate of drug-likeness (QED) is 0.772. The summed E-state index contributed by atoms with van der Waals surface area (Å²) in [6.45, 7) is 2.56. The van der Waals surface area contributed by atoms with Crippen molar-refractivity contribution in [3.05, 3.63) is 24.0 Å². The Morgan fingerprint density at radius 3 is 2.94 bits per heavy atom. The maximum Gasteiger partial charge on any atom is 0.253 e. The molecule has 0 radical (unpaired) electrons. The lowest BCUT2D eigenvalue weighted by Gasteiger charge is -2.15. The molecule has 1 fully saturated rings. The molecule has 1 aliphatic rings. The van der Waals surface area contributed by atoms with Gasteiger partial charge in [0.25, 0.3) is 5.91 Å². The standard InChI is InChI=1S/C12H15FN2O2/c1-7-4-5-17-11(7)12(16)15-10-3-2-8(13)6-9(10)14/h2-3,6-7,11H,4-5,14H2,1H3,(H,15,16). The molecule has 0 spiro atoms. The van der Waals surface area contributed by atoms with Crippen LogP contribution in [0.1, 0.15) is 13.3 Å². The highest BCUT2D eigenvalue weighted by Gasteiger charge is 2.31. The van der Waals surface area contributed by atoms with Crippen LogP contribution < -0.4 is 11.1 Å². The topological polar surface area (TPSA) is 64.3 Å². The first kappa shape index (κ1) is 11.9. The van der Waals surface area contributed by atoms with Gasteiger partial charge in [0.1, 0.15) is 11.9 Å². The van der Waals surface area contributed by atoms with Crippen LogP contribution in [0.4, 0.5) is 15.8 Å². The average molecular weight is 238 g/mol. The van der Waals surface area contributed by atoms with Gasteiger partial charge in [0.2, 0.25) is 0 Å². The SMILES string of the molecule is CC1CCOC1C(=O)Nc1ccc(F)cc1N. The molecule has 0 saturated carbocycles. The van der Waals surface area contributed by atoms with E-state index in [1.54, 1.807) is 0 Å². The number of benzene rings is 1. The summed E-state index contributed by atoms with van der Waals surface area (Å²) in [5, 5.41) is 2.65. The second-order valence-corrected chi connectivity index (χ2v) is 4.28. The molecule has 1 aromatic carbocycles. The van der Waals surface area contributed by atoms with Crippen molar-refractivity contribution in [2.75, 3.05) is 17.7 Å². The van der Waals surface area contributed by atoms with Gasteiger partial charge in [-0.1, -0.05) is 6.92 Å². The van der Waals surface area contributed by atoms with Crippen LogP contribution in [0.15, 0.2) is 18.2 Å². The van der Waals surface area contributed by atoms with Gasteiger partial charge < -0.3 is 15.8 Å². The third-order valence-electron chi connectivity index (χ3n) is 2.92. The van der Waals surface area contributed by atoms with Crippen molar-refractivity contribution in [3.8, 4) is 0 Å². The molecule has 1 amide bonds. The van der Waals surface area contributed by atoms with Crippen LogP contribution in [-0.4, -0.2) is 18.6 Å². The second-order valence-electron chi connectivity index (χ2n) is 4.28. The van der Waals surface area contributed by atoms with Gasteiger partial charge in [-0.05, 0) is 30.5 Å². The maximum absolute atomic E-state index is 12.8. The Bertz CT molecular complexity index is 437. The zero-order chi connectivity index (χ0) is 12.4. The summed E-state index contributed by atoms with van der Waals surface area (Å²) in [5.74, 6) is -0.462. The van der Waals surface area contributed by atoms with E-state index in [4.69, 9.17) is 10.5 Å². The van der Waals surface area contributed by atoms with Crippen LogP contribution >= 0.6 is 0 Å². The Hall–Kier alpha value is -1.62. The summed E-state index contributed by atoms with van der Waals surface area (Å²) in [6, 6.07) is 3.88. The normalized spacial score (nSPS) is 23.6. The van der Waals surface area contributed by atoms with Crippen molar-refractivity contribution in [3.63, 3.8) is 0 Å². The minimum atomic E-state index is -0.445. The summed E-state index contributed by atoms with van der Waals surface area (Å²) in [5.41, 5.74) is 6.24. The molecule has 1 aliphatic heterocycles. The van der Waals surface area contributed by atoms with E-state index < -0.39 is 11.9 Å². The van der Waals surface area contributed by atoms with Gasteiger partial charge in [0.15, 0.2) is 0 Å². The summed E-state index contributed by atoms with van der Waals surface area (Å²) < 4.78 is 18.2. The zero-order valence-electron chi connectivity index (χ0n) is 9.57. The number of hydrogen-bond acceptors (Lipinski definition) is 3. The largest absolute Gasteiger partial charge is 0.397 e. The Labute approximate surface area is 98.9 Å². The van der Waals surface area contributed by atoms with Gasteiger partial charge in [-0.2, -0.15) is 0 Å². The number of nitrogens with one attached hydrogen (secondary N) is 1. The predicted octanol–water partition coefficient (Wildman–Crippen LogP) is 1.77. The van der Waals surface area contributed by atoms with E-state index >= 15 is 0 Å². The molecule has 0 aliphatic carbocycles. The monoisotopic (exact) mass is 238 g/mol. The van der Waals surface area contributed by atoms with Gasteiger partial charge in [0, 0.05) is 6.61 Å². The highest BCUT2D eigenvalue weighted by atomic mass is 19.1. The number of rotatable bonds is 2. The number of ether oxygens (including phenoxy) is 1. The maximum atomic E-state index is 12.8. The van der Waals surface area contributed by atoms with E-state index in [0.29, 0.717) is 12.3 Å².